The Bertz CT molecular complexity index is 801. The van der Waals surface area contributed by atoms with E-state index in [1.807, 2.05) is 0 Å². The molecular weight excluding hydrogens is 348 g/mol. The van der Waals surface area contributed by atoms with Gasteiger partial charge in [-0.25, -0.2) is 9.78 Å². The standard InChI is InChI=1S/C19H24N4O4/c1-5-17-10-18-12-22(15(3)25)7-6-21(14(2)24)8-9-23(27,16(4)26)13-19(11-17)20-18/h1,10-11H,6-9,12-13H2,2-4H3. The van der Waals surface area contributed by atoms with Gasteiger partial charge in [-0.05, 0) is 12.1 Å². The number of pyridine rings is 1. The summed E-state index contributed by atoms with van der Waals surface area (Å²) in [5.74, 6) is 1.60. The quantitative estimate of drug-likeness (QED) is 0.378. The SMILES string of the molecule is C#Cc1cc2nc(c1)C[N+]([O-])(C(C)=O)CCN(C(C)=O)CCN(C(C)=O)C2. The summed E-state index contributed by atoms with van der Waals surface area (Å²) in [6.45, 7) is 4.72. The lowest BCUT2D eigenvalue weighted by Gasteiger charge is -2.40. The van der Waals surface area contributed by atoms with E-state index in [1.54, 1.807) is 17.0 Å². The van der Waals surface area contributed by atoms with Gasteiger partial charge in [-0.1, -0.05) is 5.92 Å². The van der Waals surface area contributed by atoms with Gasteiger partial charge in [0.2, 0.25) is 11.8 Å². The van der Waals surface area contributed by atoms with Crippen molar-refractivity contribution in [2.75, 3.05) is 26.2 Å². The van der Waals surface area contributed by atoms with E-state index in [-0.39, 0.29) is 44.5 Å². The number of rotatable bonds is 0. The van der Waals surface area contributed by atoms with E-state index in [9.17, 15) is 19.6 Å². The minimum Gasteiger partial charge on any atom is -0.625 e. The first-order chi connectivity index (χ1) is 12.6. The molecule has 2 heterocycles. The Morgan fingerprint density at radius 3 is 2.22 bits per heavy atom. The Labute approximate surface area is 158 Å². The van der Waals surface area contributed by atoms with E-state index < -0.39 is 10.6 Å². The largest absolute Gasteiger partial charge is 0.625 e. The van der Waals surface area contributed by atoms with Crippen LogP contribution < -0.4 is 0 Å². The van der Waals surface area contributed by atoms with Crippen LogP contribution in [-0.2, 0) is 27.5 Å². The summed E-state index contributed by atoms with van der Waals surface area (Å²) < 4.78 is -1.12. The fraction of sp³-hybridized carbons (Fsp3) is 0.474. The number of nitrogens with zero attached hydrogens (tertiary/aromatic N) is 4. The maximum atomic E-state index is 13.1. The van der Waals surface area contributed by atoms with Crippen LogP contribution in [0.2, 0.25) is 0 Å². The molecule has 1 aliphatic heterocycles. The Kier molecular flexibility index (Phi) is 6.31. The lowest BCUT2D eigenvalue weighted by Crippen LogP contribution is -2.51. The van der Waals surface area contributed by atoms with Gasteiger partial charge in [0, 0.05) is 32.5 Å². The van der Waals surface area contributed by atoms with Gasteiger partial charge in [-0.2, -0.15) is 0 Å². The molecule has 0 radical (unpaired) electrons. The van der Waals surface area contributed by atoms with Crippen LogP contribution >= 0.6 is 0 Å². The summed E-state index contributed by atoms with van der Waals surface area (Å²) in [6.07, 6.45) is 5.50. The van der Waals surface area contributed by atoms with E-state index in [2.05, 4.69) is 10.9 Å². The maximum Gasteiger partial charge on any atom is 0.310 e. The van der Waals surface area contributed by atoms with Crippen molar-refractivity contribution in [1.29, 1.82) is 0 Å². The number of quaternary nitrogens is 1. The molecule has 1 atom stereocenters. The minimum atomic E-state index is -1.12. The van der Waals surface area contributed by atoms with Crippen molar-refractivity contribution in [3.63, 3.8) is 0 Å². The van der Waals surface area contributed by atoms with Gasteiger partial charge in [0.25, 0.3) is 0 Å². The first-order valence-electron chi connectivity index (χ1n) is 8.71. The second-order valence-corrected chi connectivity index (χ2v) is 6.72. The zero-order chi connectivity index (χ0) is 20.2. The molecule has 1 aromatic rings. The van der Waals surface area contributed by atoms with Crippen LogP contribution in [0.3, 0.4) is 0 Å². The van der Waals surface area contributed by atoms with Gasteiger partial charge in [0.15, 0.2) is 0 Å². The molecule has 1 aliphatic rings. The van der Waals surface area contributed by atoms with Gasteiger partial charge in [0.1, 0.15) is 13.1 Å². The summed E-state index contributed by atoms with van der Waals surface area (Å²) in [7, 11) is 0. The summed E-state index contributed by atoms with van der Waals surface area (Å²) in [6, 6.07) is 3.28. The molecule has 1 unspecified atom stereocenters. The highest BCUT2D eigenvalue weighted by molar-refractivity contribution is 5.74. The van der Waals surface area contributed by atoms with Gasteiger partial charge in [-0.15, -0.1) is 6.42 Å². The molecule has 0 aliphatic carbocycles. The summed E-state index contributed by atoms with van der Waals surface area (Å²) >= 11 is 0. The van der Waals surface area contributed by atoms with Gasteiger partial charge in [0.05, 0.1) is 31.4 Å². The molecule has 3 amide bonds. The molecule has 0 N–H and O–H groups in total. The summed E-state index contributed by atoms with van der Waals surface area (Å²) in [5, 5.41) is 13.1. The maximum absolute atomic E-state index is 13.1. The molecule has 8 heteroatoms. The molecular formula is C19H24N4O4. The Morgan fingerprint density at radius 2 is 1.67 bits per heavy atom. The van der Waals surface area contributed by atoms with Crippen molar-refractivity contribution >= 4 is 17.7 Å². The topological polar surface area (TPSA) is 93.6 Å². The number of hydroxylamine groups is 3. The number of carbonyl (C=O) groups excluding carboxylic acids is 3. The molecule has 27 heavy (non-hydrogen) atoms. The average molecular weight is 372 g/mol. The van der Waals surface area contributed by atoms with E-state index in [0.717, 1.165) is 0 Å². The highest BCUT2D eigenvalue weighted by atomic mass is 16.6. The Balaban J connectivity index is 2.49. The van der Waals surface area contributed by atoms with Crippen molar-refractivity contribution < 1.29 is 19.0 Å². The lowest BCUT2D eigenvalue weighted by molar-refractivity contribution is -0.817. The van der Waals surface area contributed by atoms with Crippen LogP contribution in [0.5, 0.6) is 0 Å². The van der Waals surface area contributed by atoms with Gasteiger partial charge >= 0.3 is 5.91 Å². The van der Waals surface area contributed by atoms with Crippen molar-refractivity contribution in [2.24, 2.45) is 0 Å². The van der Waals surface area contributed by atoms with Crippen LogP contribution in [0.1, 0.15) is 37.7 Å². The van der Waals surface area contributed by atoms with E-state index in [1.165, 1.54) is 25.7 Å². The Hall–Kier alpha value is -2.76. The number of fused-ring (bicyclic) bond motifs is 2. The van der Waals surface area contributed by atoms with Crippen LogP contribution in [0.4, 0.5) is 0 Å². The van der Waals surface area contributed by atoms with Crippen molar-refractivity contribution in [3.8, 4) is 12.3 Å². The van der Waals surface area contributed by atoms with Crippen molar-refractivity contribution in [2.45, 2.75) is 33.9 Å². The predicted molar refractivity (Wildman–Crippen MR) is 98.4 cm³/mol. The number of hydrogen-bond acceptors (Lipinski definition) is 5. The highest BCUT2D eigenvalue weighted by Crippen LogP contribution is 2.17. The zero-order valence-corrected chi connectivity index (χ0v) is 15.9. The molecule has 0 saturated heterocycles. The molecule has 0 aromatic carbocycles. The van der Waals surface area contributed by atoms with Crippen molar-refractivity contribution in [3.05, 3.63) is 34.3 Å². The second kappa shape index (κ2) is 8.29. The zero-order valence-electron chi connectivity index (χ0n) is 15.9. The monoisotopic (exact) mass is 372 g/mol. The third-order valence-corrected chi connectivity index (χ3v) is 4.70. The van der Waals surface area contributed by atoms with E-state index >= 15 is 0 Å². The van der Waals surface area contributed by atoms with Crippen LogP contribution in [-0.4, -0.2) is 63.3 Å². The molecule has 1 aromatic heterocycles. The third kappa shape index (κ3) is 5.12. The Morgan fingerprint density at radius 1 is 1.07 bits per heavy atom. The molecule has 8 nitrogen and oxygen atoms in total. The number of carbonyl (C=O) groups is 3. The molecule has 0 saturated carbocycles. The molecule has 2 rings (SSSR count). The average Bonchev–Trinajstić information content (AvgIpc) is 2.58. The van der Waals surface area contributed by atoms with E-state index in [0.29, 0.717) is 23.5 Å². The van der Waals surface area contributed by atoms with Crippen LogP contribution in [0, 0.1) is 17.6 Å². The van der Waals surface area contributed by atoms with Gasteiger partial charge < -0.3 is 15.0 Å². The minimum absolute atomic E-state index is 0.0910. The first-order valence-corrected chi connectivity index (χ1v) is 8.71. The normalized spacial score (nSPS) is 20.9. The number of aromatic nitrogens is 1. The van der Waals surface area contributed by atoms with Crippen LogP contribution in [0.25, 0.3) is 0 Å². The number of terminal acetylenes is 1. The molecule has 2 bridgehead atoms. The highest BCUT2D eigenvalue weighted by Gasteiger charge is 2.27. The van der Waals surface area contributed by atoms with Gasteiger partial charge in [-0.3, -0.25) is 14.2 Å². The lowest BCUT2D eigenvalue weighted by atomic mass is 10.1. The molecule has 144 valence electrons. The summed E-state index contributed by atoms with van der Waals surface area (Å²) in [5.41, 5.74) is 1.47. The van der Waals surface area contributed by atoms with Crippen LogP contribution in [0.15, 0.2) is 12.1 Å². The number of hydrogen-bond donors (Lipinski definition) is 0. The fourth-order valence-corrected chi connectivity index (χ4v) is 3.00. The first kappa shape index (κ1) is 20.6. The molecule has 0 spiro atoms. The molecule has 0 fully saturated rings. The third-order valence-electron chi connectivity index (χ3n) is 4.70. The smallest absolute Gasteiger partial charge is 0.310 e. The summed E-state index contributed by atoms with van der Waals surface area (Å²) in [4.78, 5) is 43.4. The fourth-order valence-electron chi connectivity index (χ4n) is 3.00. The van der Waals surface area contributed by atoms with Crippen molar-refractivity contribution in [1.82, 2.24) is 14.8 Å². The number of amides is 3. The predicted octanol–water partition coefficient (Wildman–Crippen LogP) is 0.635. The second-order valence-electron chi connectivity index (χ2n) is 6.72. The van der Waals surface area contributed by atoms with E-state index in [4.69, 9.17) is 6.42 Å².